The van der Waals surface area contributed by atoms with Crippen LogP contribution in [-0.4, -0.2) is 23.3 Å². The molecule has 148 valence electrons. The van der Waals surface area contributed by atoms with Crippen LogP contribution in [0.3, 0.4) is 0 Å². The number of phenolic OH excluding ortho intramolecular Hbond substituents is 1. The Morgan fingerprint density at radius 1 is 0.923 bits per heavy atom. The van der Waals surface area contributed by atoms with Crippen molar-refractivity contribution in [1.82, 2.24) is 0 Å². The second kappa shape index (κ2) is 7.87. The van der Waals surface area contributed by atoms with E-state index in [2.05, 4.69) is 0 Å². The van der Waals surface area contributed by atoms with Crippen molar-refractivity contribution < 1.29 is 24.4 Å². The molecule has 1 N–H and O–H groups in total. The van der Waals surface area contributed by atoms with E-state index in [1.165, 1.54) is 0 Å². The molecule has 0 aliphatic rings. The normalized spacial score (nSPS) is 12.8. The lowest BCUT2D eigenvalue weighted by atomic mass is 9.79. The summed E-state index contributed by atoms with van der Waals surface area (Å²) in [6.45, 7) is 17.7. The maximum atomic E-state index is 11.7. The molecular formula is C21H34O5. The summed E-state index contributed by atoms with van der Waals surface area (Å²) in [5.74, 6) is 0.450. The van der Waals surface area contributed by atoms with E-state index in [4.69, 9.17) is 14.5 Å². The van der Waals surface area contributed by atoms with Gasteiger partial charge in [-0.1, -0.05) is 41.5 Å². The number of hydrogen-bond acceptors (Lipinski definition) is 5. The zero-order valence-electron chi connectivity index (χ0n) is 17.6. The number of rotatable bonds is 5. The van der Waals surface area contributed by atoms with Gasteiger partial charge in [0.05, 0.1) is 6.42 Å². The zero-order valence-corrected chi connectivity index (χ0v) is 17.6. The molecule has 0 bridgehead atoms. The van der Waals surface area contributed by atoms with Gasteiger partial charge in [-0.15, -0.1) is 0 Å². The molecule has 0 aliphatic heterocycles. The van der Waals surface area contributed by atoms with Crippen molar-refractivity contribution >= 4 is 5.97 Å². The fourth-order valence-corrected chi connectivity index (χ4v) is 2.43. The number of ether oxygens (including phenoxy) is 1. The number of hydrogen-bond donors (Lipinski definition) is 1. The van der Waals surface area contributed by atoms with Crippen LogP contribution in [0.15, 0.2) is 12.1 Å². The second-order valence-corrected chi connectivity index (χ2v) is 9.61. The average Bonchev–Trinajstić information content (AvgIpc) is 2.40. The number of benzene rings is 1. The van der Waals surface area contributed by atoms with Crippen molar-refractivity contribution in [3.8, 4) is 11.5 Å². The summed E-state index contributed by atoms with van der Waals surface area (Å²) in [5.41, 5.74) is 0.559. The van der Waals surface area contributed by atoms with Gasteiger partial charge in [0.15, 0.2) is 5.75 Å². The van der Waals surface area contributed by atoms with Crippen LogP contribution in [0.1, 0.15) is 79.9 Å². The quantitative estimate of drug-likeness (QED) is 0.343. The first-order chi connectivity index (χ1) is 11.6. The second-order valence-electron chi connectivity index (χ2n) is 9.61. The van der Waals surface area contributed by atoms with E-state index in [0.717, 1.165) is 11.1 Å². The lowest BCUT2D eigenvalue weighted by molar-refractivity contribution is -0.211. The Morgan fingerprint density at radius 3 is 1.77 bits per heavy atom. The maximum absolute atomic E-state index is 11.7. The predicted molar refractivity (Wildman–Crippen MR) is 103 cm³/mol. The van der Waals surface area contributed by atoms with Crippen LogP contribution >= 0.6 is 0 Å². The number of carbonyl (C=O) groups is 1. The first-order valence-electron chi connectivity index (χ1n) is 9.00. The van der Waals surface area contributed by atoms with Crippen LogP contribution in [0.4, 0.5) is 0 Å². The molecule has 1 aromatic carbocycles. The number of esters is 1. The van der Waals surface area contributed by atoms with Crippen LogP contribution in [0.25, 0.3) is 0 Å². The van der Waals surface area contributed by atoms with E-state index in [9.17, 15) is 9.90 Å². The van der Waals surface area contributed by atoms with Crippen LogP contribution in [-0.2, 0) is 25.2 Å². The minimum atomic E-state index is -0.516. The Hall–Kier alpha value is -1.75. The Labute approximate surface area is 157 Å². The molecule has 5 heteroatoms. The van der Waals surface area contributed by atoms with Gasteiger partial charge in [0.25, 0.3) is 0 Å². The van der Waals surface area contributed by atoms with Crippen LogP contribution in [0.2, 0.25) is 0 Å². The Balaban J connectivity index is 2.86. The molecule has 0 spiro atoms. The van der Waals surface area contributed by atoms with Crippen LogP contribution < -0.4 is 4.89 Å². The molecule has 0 radical (unpaired) electrons. The van der Waals surface area contributed by atoms with E-state index >= 15 is 0 Å². The molecule has 0 fully saturated rings. The number of aromatic hydroxyl groups is 1. The smallest absolute Gasteiger partial charge is 0.308 e. The summed E-state index contributed by atoms with van der Waals surface area (Å²) in [6, 6.07) is 3.55. The van der Waals surface area contributed by atoms with Crippen molar-refractivity contribution in [1.29, 1.82) is 0 Å². The minimum absolute atomic E-state index is 0.0888. The summed E-state index contributed by atoms with van der Waals surface area (Å²) in [5, 5.41) is 10.7. The highest BCUT2D eigenvalue weighted by molar-refractivity contribution is 5.69. The maximum Gasteiger partial charge on any atom is 0.308 e. The summed E-state index contributed by atoms with van der Waals surface area (Å²) >= 11 is 0. The molecule has 0 atom stereocenters. The monoisotopic (exact) mass is 366 g/mol. The summed E-state index contributed by atoms with van der Waals surface area (Å²) in [6.07, 6.45) is 0.105. The SMILES string of the molecule is CC(C)(C)OC(=O)CCOOc1cc(C(C)(C)C)c(O)c(C(C)(C)C)c1. The Morgan fingerprint density at radius 2 is 1.38 bits per heavy atom. The van der Waals surface area contributed by atoms with E-state index in [-0.39, 0.29) is 35.6 Å². The van der Waals surface area contributed by atoms with Crippen LogP contribution in [0.5, 0.6) is 11.5 Å². The molecule has 1 aromatic rings. The highest BCUT2D eigenvalue weighted by Crippen LogP contribution is 2.41. The van der Waals surface area contributed by atoms with Crippen LogP contribution in [0, 0.1) is 0 Å². The van der Waals surface area contributed by atoms with E-state index < -0.39 is 5.60 Å². The molecule has 0 saturated heterocycles. The molecular weight excluding hydrogens is 332 g/mol. The summed E-state index contributed by atoms with van der Waals surface area (Å²) < 4.78 is 5.23. The third-order valence-electron chi connectivity index (χ3n) is 3.66. The first kappa shape index (κ1) is 22.3. The van der Waals surface area contributed by atoms with Gasteiger partial charge in [-0.2, -0.15) is 4.89 Å². The highest BCUT2D eigenvalue weighted by Gasteiger charge is 2.27. The standard InChI is InChI=1S/C21H34O5/c1-19(2,3)15-12-14(13-16(18(15)23)20(4,5)6)26-24-11-10-17(22)25-21(7,8)9/h12-13,23H,10-11H2,1-9H3. The lowest BCUT2D eigenvalue weighted by Gasteiger charge is -2.27. The van der Waals surface area contributed by atoms with Gasteiger partial charge in [0, 0.05) is 11.1 Å². The number of phenols is 1. The van der Waals surface area contributed by atoms with Crippen molar-refractivity contribution in [2.75, 3.05) is 6.61 Å². The lowest BCUT2D eigenvalue weighted by Crippen LogP contribution is -2.24. The molecule has 0 saturated carbocycles. The molecule has 0 unspecified atom stereocenters. The van der Waals surface area contributed by atoms with Crippen molar-refractivity contribution in [2.24, 2.45) is 0 Å². The number of carbonyl (C=O) groups excluding carboxylic acids is 1. The van der Waals surface area contributed by atoms with Gasteiger partial charge in [0.1, 0.15) is 18.0 Å². The summed E-state index contributed by atoms with van der Waals surface area (Å²) in [4.78, 5) is 22.3. The molecule has 26 heavy (non-hydrogen) atoms. The zero-order chi connectivity index (χ0) is 20.3. The Bertz CT molecular complexity index is 592. The van der Waals surface area contributed by atoms with Crippen molar-refractivity contribution in [3.05, 3.63) is 23.3 Å². The first-order valence-corrected chi connectivity index (χ1v) is 9.00. The van der Waals surface area contributed by atoms with Crippen molar-refractivity contribution in [3.63, 3.8) is 0 Å². The van der Waals surface area contributed by atoms with E-state index in [1.54, 1.807) is 12.1 Å². The van der Waals surface area contributed by atoms with Gasteiger partial charge in [0.2, 0.25) is 0 Å². The third-order valence-corrected chi connectivity index (χ3v) is 3.66. The fraction of sp³-hybridized carbons (Fsp3) is 0.667. The molecule has 0 heterocycles. The molecule has 5 nitrogen and oxygen atoms in total. The molecule has 1 rings (SSSR count). The van der Waals surface area contributed by atoms with Gasteiger partial charge < -0.3 is 14.7 Å². The summed E-state index contributed by atoms with van der Waals surface area (Å²) in [7, 11) is 0. The van der Waals surface area contributed by atoms with E-state index in [1.807, 2.05) is 62.3 Å². The van der Waals surface area contributed by atoms with Gasteiger partial charge in [-0.05, 0) is 43.7 Å². The molecule has 0 amide bonds. The highest BCUT2D eigenvalue weighted by atomic mass is 17.2. The van der Waals surface area contributed by atoms with Gasteiger partial charge >= 0.3 is 5.97 Å². The molecule has 0 aliphatic carbocycles. The fourth-order valence-electron chi connectivity index (χ4n) is 2.43. The topological polar surface area (TPSA) is 65.0 Å². The van der Waals surface area contributed by atoms with E-state index in [0.29, 0.717) is 5.75 Å². The van der Waals surface area contributed by atoms with Crippen molar-refractivity contribution in [2.45, 2.75) is 85.2 Å². The largest absolute Gasteiger partial charge is 0.507 e. The predicted octanol–water partition coefficient (Wildman–Crippen LogP) is 5.03. The minimum Gasteiger partial charge on any atom is -0.507 e. The van der Waals surface area contributed by atoms with Gasteiger partial charge in [-0.25, -0.2) is 0 Å². The third kappa shape index (κ3) is 6.87. The Kier molecular flexibility index (Phi) is 6.74. The average molecular weight is 366 g/mol. The van der Waals surface area contributed by atoms with Gasteiger partial charge in [-0.3, -0.25) is 4.79 Å². The molecule has 0 aromatic heterocycles.